The Morgan fingerprint density at radius 3 is 2.54 bits per heavy atom. The normalized spacial score (nSPS) is 10.4. The van der Waals surface area contributed by atoms with Gasteiger partial charge in [0.25, 0.3) is 5.91 Å². The average molecular weight is 394 g/mol. The van der Waals surface area contributed by atoms with Crippen LogP contribution in [-0.4, -0.2) is 16.8 Å². The van der Waals surface area contributed by atoms with E-state index in [9.17, 15) is 9.59 Å². The molecule has 2 N–H and O–H groups in total. The lowest BCUT2D eigenvalue weighted by Gasteiger charge is -2.12. The van der Waals surface area contributed by atoms with E-state index in [1.54, 1.807) is 36.7 Å². The van der Waals surface area contributed by atoms with Gasteiger partial charge in [0.1, 0.15) is 0 Å². The second-order valence-electron chi connectivity index (χ2n) is 6.40. The minimum Gasteiger partial charge on any atom is -0.326 e. The minimum atomic E-state index is -0.227. The first kappa shape index (κ1) is 19.6. The predicted octanol–water partition coefficient (Wildman–Crippen LogP) is 4.87. The summed E-state index contributed by atoms with van der Waals surface area (Å²) in [5.41, 5.74) is 3.71. The standard InChI is InChI=1S/C22H20ClN3O2/c1-15-5-7-19(14-20(15)26-22(28)17-9-11-24-12-10-17)25-21(27)8-6-16-3-2-4-18(23)13-16/h2-5,7,9-14H,6,8H2,1H3,(H,25,27)(H,26,28). The molecule has 3 rings (SSSR count). The van der Waals surface area contributed by atoms with Crippen LogP contribution in [0.5, 0.6) is 0 Å². The molecule has 3 aromatic rings. The Kier molecular flexibility index (Phi) is 6.40. The van der Waals surface area contributed by atoms with Crippen molar-refractivity contribution in [2.24, 2.45) is 0 Å². The van der Waals surface area contributed by atoms with Gasteiger partial charge in [-0.15, -0.1) is 0 Å². The van der Waals surface area contributed by atoms with Gasteiger partial charge in [0, 0.05) is 40.8 Å². The Morgan fingerprint density at radius 1 is 1.00 bits per heavy atom. The Morgan fingerprint density at radius 2 is 1.79 bits per heavy atom. The SMILES string of the molecule is Cc1ccc(NC(=O)CCc2cccc(Cl)c2)cc1NC(=O)c1ccncc1. The predicted molar refractivity (Wildman–Crippen MR) is 112 cm³/mol. The summed E-state index contributed by atoms with van der Waals surface area (Å²) in [6.45, 7) is 1.90. The summed E-state index contributed by atoms with van der Waals surface area (Å²) in [7, 11) is 0. The van der Waals surface area contributed by atoms with E-state index in [-0.39, 0.29) is 11.8 Å². The van der Waals surface area contributed by atoms with Crippen molar-refractivity contribution in [1.29, 1.82) is 0 Å². The summed E-state index contributed by atoms with van der Waals surface area (Å²) in [6.07, 6.45) is 4.08. The van der Waals surface area contributed by atoms with Crippen molar-refractivity contribution in [3.63, 3.8) is 0 Å². The van der Waals surface area contributed by atoms with Crippen LogP contribution in [-0.2, 0) is 11.2 Å². The molecule has 0 atom stereocenters. The van der Waals surface area contributed by atoms with E-state index in [1.165, 1.54) is 0 Å². The first-order valence-electron chi connectivity index (χ1n) is 8.87. The molecule has 0 spiro atoms. The summed E-state index contributed by atoms with van der Waals surface area (Å²) >= 11 is 5.97. The van der Waals surface area contributed by atoms with Crippen LogP contribution in [0.3, 0.4) is 0 Å². The summed E-state index contributed by atoms with van der Waals surface area (Å²) in [4.78, 5) is 28.5. The van der Waals surface area contributed by atoms with Crippen LogP contribution < -0.4 is 10.6 Å². The zero-order chi connectivity index (χ0) is 19.9. The lowest BCUT2D eigenvalue weighted by Crippen LogP contribution is -2.15. The molecular formula is C22H20ClN3O2. The third kappa shape index (κ3) is 5.41. The number of rotatable bonds is 6. The number of anilines is 2. The highest BCUT2D eigenvalue weighted by Crippen LogP contribution is 2.21. The molecule has 2 aromatic carbocycles. The molecule has 0 aliphatic carbocycles. The number of nitrogens with zero attached hydrogens (tertiary/aromatic N) is 1. The van der Waals surface area contributed by atoms with Crippen LogP contribution in [0.4, 0.5) is 11.4 Å². The fourth-order valence-electron chi connectivity index (χ4n) is 2.71. The lowest BCUT2D eigenvalue weighted by atomic mass is 10.1. The number of aromatic nitrogens is 1. The van der Waals surface area contributed by atoms with Crippen LogP contribution in [0.2, 0.25) is 5.02 Å². The summed E-state index contributed by atoms with van der Waals surface area (Å²) in [6, 6.07) is 16.2. The number of nitrogens with one attached hydrogen (secondary N) is 2. The first-order chi connectivity index (χ1) is 13.5. The van der Waals surface area contributed by atoms with Crippen LogP contribution in [0.1, 0.15) is 27.9 Å². The van der Waals surface area contributed by atoms with Crippen LogP contribution in [0.15, 0.2) is 67.0 Å². The number of pyridine rings is 1. The number of carbonyl (C=O) groups is 2. The van der Waals surface area contributed by atoms with Crippen LogP contribution in [0.25, 0.3) is 0 Å². The van der Waals surface area contributed by atoms with Crippen molar-refractivity contribution in [3.8, 4) is 0 Å². The molecule has 0 saturated carbocycles. The smallest absolute Gasteiger partial charge is 0.255 e. The molecule has 0 fully saturated rings. The number of hydrogen-bond acceptors (Lipinski definition) is 3. The number of aryl methyl sites for hydroxylation is 2. The number of carbonyl (C=O) groups excluding carboxylic acids is 2. The number of benzene rings is 2. The van der Waals surface area contributed by atoms with Gasteiger partial charge < -0.3 is 10.6 Å². The van der Waals surface area contributed by atoms with Gasteiger partial charge in [0.15, 0.2) is 0 Å². The fraction of sp³-hybridized carbons (Fsp3) is 0.136. The summed E-state index contributed by atoms with van der Waals surface area (Å²) in [5.74, 6) is -0.329. The molecule has 5 nitrogen and oxygen atoms in total. The van der Waals surface area contributed by atoms with E-state index < -0.39 is 0 Å². The number of amides is 2. The molecule has 0 unspecified atom stereocenters. The molecule has 2 amide bonds. The van der Waals surface area contributed by atoms with Crippen LogP contribution >= 0.6 is 11.6 Å². The zero-order valence-electron chi connectivity index (χ0n) is 15.4. The largest absolute Gasteiger partial charge is 0.326 e. The van der Waals surface area contributed by atoms with Crippen molar-refractivity contribution in [1.82, 2.24) is 4.98 Å². The molecule has 6 heteroatoms. The van der Waals surface area contributed by atoms with Gasteiger partial charge in [-0.05, 0) is 60.9 Å². The molecule has 28 heavy (non-hydrogen) atoms. The molecule has 1 heterocycles. The first-order valence-corrected chi connectivity index (χ1v) is 9.25. The topological polar surface area (TPSA) is 71.1 Å². The fourth-order valence-corrected chi connectivity index (χ4v) is 2.92. The molecule has 142 valence electrons. The molecular weight excluding hydrogens is 374 g/mol. The highest BCUT2D eigenvalue weighted by Gasteiger charge is 2.10. The Balaban J connectivity index is 1.62. The Labute approximate surface area is 168 Å². The van der Waals surface area contributed by atoms with E-state index >= 15 is 0 Å². The van der Waals surface area contributed by atoms with Crippen molar-refractivity contribution >= 4 is 34.8 Å². The van der Waals surface area contributed by atoms with Crippen molar-refractivity contribution in [3.05, 3.63) is 88.7 Å². The maximum Gasteiger partial charge on any atom is 0.255 e. The van der Waals surface area contributed by atoms with Crippen molar-refractivity contribution in [2.75, 3.05) is 10.6 Å². The lowest BCUT2D eigenvalue weighted by molar-refractivity contribution is -0.116. The molecule has 0 saturated heterocycles. The van der Waals surface area contributed by atoms with Crippen LogP contribution in [0, 0.1) is 6.92 Å². The summed E-state index contributed by atoms with van der Waals surface area (Å²) in [5, 5.41) is 6.40. The summed E-state index contributed by atoms with van der Waals surface area (Å²) < 4.78 is 0. The van der Waals surface area contributed by atoms with Gasteiger partial charge in [0.05, 0.1) is 0 Å². The highest BCUT2D eigenvalue weighted by molar-refractivity contribution is 6.30. The second kappa shape index (κ2) is 9.15. The van der Waals surface area contributed by atoms with E-state index in [0.717, 1.165) is 11.1 Å². The maximum absolute atomic E-state index is 12.3. The molecule has 0 radical (unpaired) electrons. The van der Waals surface area contributed by atoms with Crippen molar-refractivity contribution in [2.45, 2.75) is 19.8 Å². The maximum atomic E-state index is 12.3. The number of halogens is 1. The molecule has 1 aromatic heterocycles. The second-order valence-corrected chi connectivity index (χ2v) is 6.83. The van der Waals surface area contributed by atoms with Crippen molar-refractivity contribution < 1.29 is 9.59 Å². The van der Waals surface area contributed by atoms with Gasteiger partial charge in [0.2, 0.25) is 5.91 Å². The molecule has 0 bridgehead atoms. The van der Waals surface area contributed by atoms with E-state index in [2.05, 4.69) is 15.6 Å². The van der Waals surface area contributed by atoms with Gasteiger partial charge >= 0.3 is 0 Å². The zero-order valence-corrected chi connectivity index (χ0v) is 16.2. The van der Waals surface area contributed by atoms with Gasteiger partial charge in [-0.3, -0.25) is 14.6 Å². The molecule has 0 aliphatic heterocycles. The molecule has 0 aliphatic rings. The van der Waals surface area contributed by atoms with E-state index in [1.807, 2.05) is 37.3 Å². The van der Waals surface area contributed by atoms with Gasteiger partial charge in [-0.25, -0.2) is 0 Å². The number of hydrogen-bond donors (Lipinski definition) is 2. The van der Waals surface area contributed by atoms with E-state index in [0.29, 0.717) is 34.8 Å². The Bertz CT molecular complexity index is 990. The quantitative estimate of drug-likeness (QED) is 0.627. The minimum absolute atomic E-state index is 0.102. The third-order valence-electron chi connectivity index (χ3n) is 4.24. The monoisotopic (exact) mass is 393 g/mol. The van der Waals surface area contributed by atoms with Gasteiger partial charge in [-0.2, -0.15) is 0 Å². The van der Waals surface area contributed by atoms with Gasteiger partial charge in [-0.1, -0.05) is 29.8 Å². The Hall–Kier alpha value is -3.18. The van der Waals surface area contributed by atoms with E-state index in [4.69, 9.17) is 11.6 Å². The highest BCUT2D eigenvalue weighted by atomic mass is 35.5. The average Bonchev–Trinajstić information content (AvgIpc) is 2.70. The third-order valence-corrected chi connectivity index (χ3v) is 4.48.